The van der Waals surface area contributed by atoms with Crippen LogP contribution in [-0.2, 0) is 14.3 Å². The number of halogens is 3. The van der Waals surface area contributed by atoms with Crippen LogP contribution in [0.3, 0.4) is 0 Å². The van der Waals surface area contributed by atoms with E-state index in [0.717, 1.165) is 24.5 Å². The highest BCUT2D eigenvalue weighted by molar-refractivity contribution is 7.85. The highest BCUT2D eigenvalue weighted by atomic mass is 32.2. The van der Waals surface area contributed by atoms with Crippen LogP contribution in [0.2, 0.25) is 0 Å². The Morgan fingerprint density at radius 3 is 2.26 bits per heavy atom. The monoisotopic (exact) mass is 506 g/mol. The van der Waals surface area contributed by atoms with Crippen molar-refractivity contribution in [1.82, 2.24) is 4.57 Å². The number of ether oxygens (including phenoxy) is 1. The fourth-order valence-corrected chi connectivity index (χ4v) is 3.68. The first-order chi connectivity index (χ1) is 16.5. The number of nitrogen functional groups attached to an aromatic ring is 1. The lowest BCUT2D eigenvalue weighted by molar-refractivity contribution is 0.251. The Balaban J connectivity index is 1.94. The topological polar surface area (TPSA) is 101 Å². The summed E-state index contributed by atoms with van der Waals surface area (Å²) < 4.78 is 75.6. The van der Waals surface area contributed by atoms with Gasteiger partial charge in [0.25, 0.3) is 15.7 Å². The first-order valence-electron chi connectivity index (χ1n) is 10.2. The van der Waals surface area contributed by atoms with E-state index in [2.05, 4.69) is 16.5 Å². The van der Waals surface area contributed by atoms with Crippen LogP contribution >= 0.6 is 0 Å². The molecule has 0 aliphatic rings. The summed E-state index contributed by atoms with van der Waals surface area (Å²) in [5.41, 5.74) is 8.29. The first kappa shape index (κ1) is 25.8. The number of hydrogen-bond acceptors (Lipinski definition) is 6. The molecule has 3 rings (SSSR count). The molecule has 0 fully saturated rings. The van der Waals surface area contributed by atoms with Gasteiger partial charge in [0, 0.05) is 35.8 Å². The smallest absolute Gasteiger partial charge is 0.264 e. The van der Waals surface area contributed by atoms with E-state index < -0.39 is 38.8 Å². The molecule has 7 nitrogen and oxygen atoms in total. The van der Waals surface area contributed by atoms with Crippen molar-refractivity contribution < 1.29 is 30.5 Å². The predicted octanol–water partition coefficient (Wildman–Crippen LogP) is 3.80. The number of anilines is 1. The molecule has 11 heteroatoms. The average Bonchev–Trinajstić information content (AvgIpc) is 2.77. The van der Waals surface area contributed by atoms with Crippen molar-refractivity contribution in [2.75, 3.05) is 25.2 Å². The van der Waals surface area contributed by atoms with E-state index in [1.54, 1.807) is 0 Å². The third-order valence-corrected chi connectivity index (χ3v) is 5.37. The molecule has 184 valence electrons. The van der Waals surface area contributed by atoms with Crippen LogP contribution in [0.25, 0.3) is 11.3 Å². The quantitative estimate of drug-likeness (QED) is 0.269. The molecule has 0 bridgehead atoms. The number of nitrogens with two attached hydrogens (primary N) is 1. The van der Waals surface area contributed by atoms with Gasteiger partial charge in [-0.1, -0.05) is 18.7 Å². The van der Waals surface area contributed by atoms with Crippen molar-refractivity contribution in [3.05, 3.63) is 99.8 Å². The van der Waals surface area contributed by atoms with Gasteiger partial charge in [0.05, 0.1) is 19.5 Å². The highest BCUT2D eigenvalue weighted by Gasteiger charge is 2.20. The van der Waals surface area contributed by atoms with Gasteiger partial charge in [-0.2, -0.15) is 8.42 Å². The van der Waals surface area contributed by atoms with Gasteiger partial charge in [0.1, 0.15) is 23.1 Å². The number of nitrogens with zero attached hydrogens (tertiary/aromatic N) is 1. The minimum absolute atomic E-state index is 0.0729. The molecular weight excluding hydrogens is 485 g/mol. The van der Waals surface area contributed by atoms with Crippen LogP contribution in [0.15, 0.2) is 65.6 Å². The first-order valence-corrected chi connectivity index (χ1v) is 12.0. The minimum atomic E-state index is -3.61. The van der Waals surface area contributed by atoms with E-state index in [-0.39, 0.29) is 36.8 Å². The number of pyridine rings is 1. The molecule has 0 aliphatic carbocycles. The van der Waals surface area contributed by atoms with Gasteiger partial charge in [-0.3, -0.25) is 13.5 Å². The van der Waals surface area contributed by atoms with Gasteiger partial charge in [0.15, 0.2) is 11.6 Å². The van der Waals surface area contributed by atoms with Crippen LogP contribution in [0.1, 0.15) is 17.5 Å². The maximum atomic E-state index is 15.0. The second-order valence-corrected chi connectivity index (χ2v) is 8.97. The second kappa shape index (κ2) is 10.6. The van der Waals surface area contributed by atoms with E-state index in [1.165, 1.54) is 30.3 Å². The largest absolute Gasteiger partial charge is 0.493 e. The maximum Gasteiger partial charge on any atom is 0.264 e. The molecule has 0 radical (unpaired) electrons. The predicted molar refractivity (Wildman–Crippen MR) is 125 cm³/mol. The van der Waals surface area contributed by atoms with E-state index in [4.69, 9.17) is 10.5 Å². The zero-order chi connectivity index (χ0) is 25.8. The van der Waals surface area contributed by atoms with Gasteiger partial charge < -0.3 is 10.5 Å². The van der Waals surface area contributed by atoms with Gasteiger partial charge >= 0.3 is 0 Å². The SMILES string of the molecule is C=C=C(c1ccc(F)cc1)c1ccc(=O)n(-c2c(F)cc(OCCCOS(C)(=O)=O)cc2F)c1N. The van der Waals surface area contributed by atoms with Crippen LogP contribution in [0, 0.1) is 17.5 Å². The summed E-state index contributed by atoms with van der Waals surface area (Å²) >= 11 is 0. The van der Waals surface area contributed by atoms with Gasteiger partial charge in [-0.25, -0.2) is 13.2 Å². The Kier molecular flexibility index (Phi) is 7.85. The molecule has 3 aromatic rings. The van der Waals surface area contributed by atoms with E-state index in [1.807, 2.05) is 0 Å². The molecule has 2 N–H and O–H groups in total. The van der Waals surface area contributed by atoms with Crippen molar-refractivity contribution in [2.45, 2.75) is 6.42 Å². The van der Waals surface area contributed by atoms with Crippen LogP contribution < -0.4 is 16.0 Å². The fourth-order valence-electron chi connectivity index (χ4n) is 3.26. The summed E-state index contributed by atoms with van der Waals surface area (Å²) in [5.74, 6) is -3.17. The zero-order valence-electron chi connectivity index (χ0n) is 18.6. The minimum Gasteiger partial charge on any atom is -0.493 e. The molecule has 0 saturated carbocycles. The second-order valence-electron chi connectivity index (χ2n) is 7.33. The zero-order valence-corrected chi connectivity index (χ0v) is 19.4. The highest BCUT2D eigenvalue weighted by Crippen LogP contribution is 2.30. The average molecular weight is 507 g/mol. The Labute approximate surface area is 199 Å². The molecular formula is C24H21F3N2O5S. The van der Waals surface area contributed by atoms with E-state index in [0.29, 0.717) is 15.7 Å². The summed E-state index contributed by atoms with van der Waals surface area (Å²) in [6.45, 7) is 3.37. The standard InChI is InChI=1S/C24H21F3N2O5S/c1-3-18(15-5-7-16(25)8-6-15)19-9-10-22(30)29(24(19)28)23-20(26)13-17(14-21(23)27)33-11-4-12-34-35(2,31)32/h5-10,13-14H,1,4,11-12,28H2,2H3. The van der Waals surface area contributed by atoms with Gasteiger partial charge in [0.2, 0.25) is 0 Å². The van der Waals surface area contributed by atoms with Crippen molar-refractivity contribution in [1.29, 1.82) is 0 Å². The molecule has 0 amide bonds. The Bertz CT molecular complexity index is 1440. The van der Waals surface area contributed by atoms with Crippen LogP contribution in [0.4, 0.5) is 19.0 Å². The molecule has 35 heavy (non-hydrogen) atoms. The summed E-state index contributed by atoms with van der Waals surface area (Å²) in [7, 11) is -3.61. The number of benzene rings is 2. The summed E-state index contributed by atoms with van der Waals surface area (Å²) in [4.78, 5) is 12.6. The lowest BCUT2D eigenvalue weighted by atomic mass is 9.99. The summed E-state index contributed by atoms with van der Waals surface area (Å²) in [5, 5.41) is 0. The molecule has 0 unspecified atom stereocenters. The molecule has 1 heterocycles. The molecule has 0 aliphatic heterocycles. The maximum absolute atomic E-state index is 15.0. The lowest BCUT2D eigenvalue weighted by Crippen LogP contribution is -2.24. The van der Waals surface area contributed by atoms with Crippen molar-refractivity contribution in [2.24, 2.45) is 0 Å². The van der Waals surface area contributed by atoms with Crippen LogP contribution in [0.5, 0.6) is 5.75 Å². The lowest BCUT2D eigenvalue weighted by Gasteiger charge is -2.17. The van der Waals surface area contributed by atoms with E-state index >= 15 is 0 Å². The van der Waals surface area contributed by atoms with Crippen molar-refractivity contribution >= 4 is 21.5 Å². The third kappa shape index (κ3) is 6.21. The van der Waals surface area contributed by atoms with E-state index in [9.17, 15) is 26.4 Å². The van der Waals surface area contributed by atoms with Gasteiger partial charge in [-0.05, 0) is 23.8 Å². The van der Waals surface area contributed by atoms with Crippen molar-refractivity contribution in [3.63, 3.8) is 0 Å². The Morgan fingerprint density at radius 2 is 1.69 bits per heavy atom. The Morgan fingerprint density at radius 1 is 1.06 bits per heavy atom. The molecule has 0 spiro atoms. The molecule has 1 aromatic heterocycles. The van der Waals surface area contributed by atoms with Crippen LogP contribution in [-0.4, -0.2) is 32.5 Å². The number of aromatic nitrogens is 1. The van der Waals surface area contributed by atoms with Crippen molar-refractivity contribution in [3.8, 4) is 11.4 Å². The Hall–Kier alpha value is -3.79. The van der Waals surface area contributed by atoms with Gasteiger partial charge in [-0.15, -0.1) is 5.73 Å². The molecule has 2 aromatic carbocycles. The molecule has 0 atom stereocenters. The number of rotatable bonds is 9. The fraction of sp³-hybridized carbons (Fsp3) is 0.167. The molecule has 0 saturated heterocycles. The third-order valence-electron chi connectivity index (χ3n) is 4.78. The summed E-state index contributed by atoms with van der Waals surface area (Å²) in [6, 6.07) is 9.51. The normalized spacial score (nSPS) is 11.2. The number of hydrogen-bond donors (Lipinski definition) is 1. The summed E-state index contributed by atoms with van der Waals surface area (Å²) in [6.07, 6.45) is 1.04.